The zero-order chi connectivity index (χ0) is 27.0. The minimum atomic E-state index is -0.704. The predicted molar refractivity (Wildman–Crippen MR) is 169 cm³/mol. The third-order valence-corrected chi connectivity index (χ3v) is 9.55. The normalized spacial score (nSPS) is 20.6. The molecule has 4 aromatic rings. The van der Waals surface area contributed by atoms with Crippen LogP contribution in [-0.2, 0) is 17.1 Å². The molecule has 0 spiro atoms. The molecule has 2 nitrogen and oxygen atoms in total. The Balaban J connectivity index is 0.000000510. The van der Waals surface area contributed by atoms with E-state index in [-0.39, 0.29) is 29.2 Å². The summed E-state index contributed by atoms with van der Waals surface area (Å²) in [5, 5.41) is 6.51. The molecule has 4 aromatic carbocycles. The number of nitrogens with one attached hydrogen (secondary N) is 1. The maximum atomic E-state index is 5.30. The quantitative estimate of drug-likeness (QED) is 0.184. The van der Waals surface area contributed by atoms with Crippen LogP contribution in [-0.4, -0.2) is 5.84 Å². The van der Waals surface area contributed by atoms with Gasteiger partial charge in [-0.3, -0.25) is 4.99 Å². The van der Waals surface area contributed by atoms with E-state index >= 15 is 0 Å². The van der Waals surface area contributed by atoms with Crippen molar-refractivity contribution in [2.45, 2.75) is 12.1 Å². The summed E-state index contributed by atoms with van der Waals surface area (Å²) in [7, 11) is -0.704. The van der Waals surface area contributed by atoms with Crippen LogP contribution in [0.15, 0.2) is 126 Å². The summed E-state index contributed by atoms with van der Waals surface area (Å²) in [5.74, 6) is 2.18. The number of amidine groups is 1. The summed E-state index contributed by atoms with van der Waals surface area (Å²) in [6.07, 6.45) is 16.7. The van der Waals surface area contributed by atoms with Gasteiger partial charge in [-0.15, -0.1) is 0 Å². The van der Waals surface area contributed by atoms with E-state index in [1.165, 1.54) is 33.3 Å². The van der Waals surface area contributed by atoms with E-state index in [4.69, 9.17) is 4.99 Å². The van der Waals surface area contributed by atoms with Gasteiger partial charge in [-0.1, -0.05) is 121 Å². The molecule has 2 fully saturated rings. The molecule has 0 amide bonds. The van der Waals surface area contributed by atoms with Gasteiger partial charge in [0.05, 0.1) is 12.0 Å². The first kappa shape index (κ1) is 29.8. The maximum Gasteiger partial charge on any atom is 2.00 e. The van der Waals surface area contributed by atoms with E-state index in [1.807, 2.05) is 32.1 Å². The first-order valence-electron chi connectivity index (χ1n) is 13.7. The molecule has 0 aromatic heterocycles. The topological polar surface area (TPSA) is 24.4 Å². The van der Waals surface area contributed by atoms with Crippen molar-refractivity contribution in [1.82, 2.24) is 5.32 Å². The Bertz CT molecular complexity index is 1300. The number of rotatable bonds is 6. The van der Waals surface area contributed by atoms with E-state index in [9.17, 15) is 0 Å². The molecular weight excluding hydrogens is 559 g/mol. The number of nitrogens with zero attached hydrogens (tertiary/aromatic N) is 1. The molecule has 0 bridgehead atoms. The summed E-state index contributed by atoms with van der Waals surface area (Å²) < 4.78 is 0. The summed E-state index contributed by atoms with van der Waals surface area (Å²) in [6, 6.07) is 43.1. The van der Waals surface area contributed by atoms with Crippen LogP contribution in [0, 0.1) is 62.9 Å². The van der Waals surface area contributed by atoms with Gasteiger partial charge in [0.2, 0.25) is 0 Å². The van der Waals surface area contributed by atoms with Gasteiger partial charge >= 0.3 is 17.1 Å². The Morgan fingerprint density at radius 3 is 1.49 bits per heavy atom. The second-order valence-corrected chi connectivity index (χ2v) is 11.8. The Morgan fingerprint density at radius 1 is 0.512 bits per heavy atom. The molecule has 3 aliphatic rings. The van der Waals surface area contributed by atoms with Crippen molar-refractivity contribution in [3.63, 3.8) is 0 Å². The summed E-state index contributed by atoms with van der Waals surface area (Å²) >= 11 is 0. The minimum absolute atomic E-state index is 0. The van der Waals surface area contributed by atoms with E-state index in [2.05, 4.69) is 146 Å². The average Bonchev–Trinajstić information content (AvgIpc) is 3.83. The molecule has 10 radical (unpaired) electrons. The fraction of sp³-hybridized carbons (Fsp3) is 0.0541. The van der Waals surface area contributed by atoms with Crippen LogP contribution >= 0.6 is 7.92 Å². The first-order valence-corrected chi connectivity index (χ1v) is 15.0. The molecule has 1 heterocycles. The van der Waals surface area contributed by atoms with Crippen LogP contribution < -0.4 is 15.9 Å². The van der Waals surface area contributed by atoms with Crippen molar-refractivity contribution in [1.29, 1.82) is 0 Å². The van der Waals surface area contributed by atoms with Crippen LogP contribution in [0.25, 0.3) is 0 Å². The standard InChI is InChI=1S/C32H26N2P.C5H5.Fe/c1-5-14-24(15-6-1)30-31(25-16-7-2-8-17-25)34-32(33-30)28-22-13-23-29(28)35(26-18-9-3-10-19-26)27-20-11-4-12-21-27;1-2-4-5-3-1;/h1-23,30-31H,(H,33,34);1-5H;/q;;+2/t30-,31-;;/m1../s1. The van der Waals surface area contributed by atoms with Crippen molar-refractivity contribution in [2.75, 3.05) is 0 Å². The number of hydrogen-bond donors (Lipinski definition) is 1. The molecule has 0 unspecified atom stereocenters. The van der Waals surface area contributed by atoms with Crippen LogP contribution in [0.4, 0.5) is 0 Å². The van der Waals surface area contributed by atoms with Gasteiger partial charge in [0.15, 0.2) is 0 Å². The predicted octanol–water partition coefficient (Wildman–Crippen LogP) is 7.36. The van der Waals surface area contributed by atoms with Crippen LogP contribution in [0.1, 0.15) is 23.2 Å². The van der Waals surface area contributed by atoms with Gasteiger partial charge in [-0.25, -0.2) is 0 Å². The molecular formula is C37H31FeN2P+2. The summed E-state index contributed by atoms with van der Waals surface area (Å²) in [4.78, 5) is 5.30. The molecule has 0 saturated heterocycles. The van der Waals surface area contributed by atoms with E-state index < -0.39 is 7.92 Å². The number of benzene rings is 4. The second kappa shape index (κ2) is 15.0. The Morgan fingerprint density at radius 2 is 0.976 bits per heavy atom. The smallest absolute Gasteiger partial charge is 0.364 e. The second-order valence-electron chi connectivity index (χ2n) is 9.66. The van der Waals surface area contributed by atoms with Crippen molar-refractivity contribution in [3.05, 3.63) is 195 Å². The van der Waals surface area contributed by atoms with E-state index in [1.54, 1.807) is 0 Å². The van der Waals surface area contributed by atoms with Crippen molar-refractivity contribution >= 4 is 24.4 Å². The average molecular weight is 590 g/mol. The Labute approximate surface area is 258 Å². The molecule has 1 aliphatic heterocycles. The fourth-order valence-electron chi connectivity index (χ4n) is 5.18. The van der Waals surface area contributed by atoms with Crippen molar-refractivity contribution in [2.24, 2.45) is 4.99 Å². The summed E-state index contributed by atoms with van der Waals surface area (Å²) in [6.45, 7) is 0. The van der Waals surface area contributed by atoms with Crippen LogP contribution in [0.2, 0.25) is 0 Å². The molecule has 41 heavy (non-hydrogen) atoms. The SMILES string of the molecule is [CH]1[CH][CH][CH][CH]1.[CH]1[CH][C](C2=N[C@H](c3ccccc3)[C@@H](c3ccccc3)N2)[C](P(c2ccccc2)c2ccccc2)[CH]1.[Fe+2]. The van der Waals surface area contributed by atoms with Gasteiger partial charge in [-0.2, -0.15) is 0 Å². The monoisotopic (exact) mass is 590 g/mol. The Hall–Kier alpha value is -2.70. The minimum Gasteiger partial charge on any atom is -0.364 e. The van der Waals surface area contributed by atoms with E-state index in [0.29, 0.717) is 0 Å². The third kappa shape index (κ3) is 7.21. The molecule has 2 aliphatic carbocycles. The number of hydrogen-bond acceptors (Lipinski definition) is 2. The van der Waals surface area contributed by atoms with E-state index in [0.717, 1.165) is 5.84 Å². The van der Waals surface area contributed by atoms with Gasteiger partial charge in [-0.05, 0) is 81.0 Å². The van der Waals surface area contributed by atoms with Gasteiger partial charge in [0.25, 0.3) is 0 Å². The zero-order valence-electron chi connectivity index (χ0n) is 22.6. The third-order valence-electron chi connectivity index (χ3n) is 7.05. The first-order chi connectivity index (χ1) is 19.9. The van der Waals surface area contributed by atoms with Crippen LogP contribution in [0.3, 0.4) is 0 Å². The maximum absolute atomic E-state index is 5.30. The molecule has 4 heteroatoms. The van der Waals surface area contributed by atoms with Gasteiger partial charge in [0, 0.05) is 5.66 Å². The largest absolute Gasteiger partial charge is 2.00 e. The molecule has 200 valence electrons. The molecule has 1 N–H and O–H groups in total. The Kier molecular flexibility index (Phi) is 10.9. The molecule has 2 saturated carbocycles. The van der Waals surface area contributed by atoms with Gasteiger partial charge in [0.1, 0.15) is 11.9 Å². The molecule has 2 atom stereocenters. The van der Waals surface area contributed by atoms with Crippen molar-refractivity contribution in [3.8, 4) is 0 Å². The molecule has 7 rings (SSSR count). The zero-order valence-corrected chi connectivity index (χ0v) is 24.6. The van der Waals surface area contributed by atoms with Crippen molar-refractivity contribution < 1.29 is 17.1 Å². The van der Waals surface area contributed by atoms with Crippen LogP contribution in [0.5, 0.6) is 0 Å². The number of aliphatic imine (C=N–C) groups is 1. The van der Waals surface area contributed by atoms with Gasteiger partial charge < -0.3 is 5.32 Å². The fourth-order valence-corrected chi connectivity index (χ4v) is 7.63. The summed E-state index contributed by atoms with van der Waals surface area (Å²) in [5.41, 5.74) is 3.82.